The van der Waals surface area contributed by atoms with Gasteiger partial charge in [0.15, 0.2) is 0 Å². The van der Waals surface area contributed by atoms with Gasteiger partial charge in [0.1, 0.15) is 18.3 Å². The van der Waals surface area contributed by atoms with Crippen LogP contribution in [0.25, 0.3) is 0 Å². The van der Waals surface area contributed by atoms with Crippen LogP contribution in [0.15, 0.2) is 77.7 Å². The van der Waals surface area contributed by atoms with E-state index >= 15 is 0 Å². The van der Waals surface area contributed by atoms with Gasteiger partial charge in [0.2, 0.25) is 11.8 Å². The zero-order valence-electron chi connectivity index (χ0n) is 24.2. The first kappa shape index (κ1) is 30.1. The third-order valence-electron chi connectivity index (χ3n) is 7.55. The minimum atomic E-state index is -4.17. The van der Waals surface area contributed by atoms with Crippen molar-refractivity contribution in [3.63, 3.8) is 0 Å². The van der Waals surface area contributed by atoms with E-state index in [0.29, 0.717) is 5.75 Å². The molecule has 0 saturated heterocycles. The number of para-hydroxylation sites is 2. The maximum absolute atomic E-state index is 14.1. The number of nitrogens with one attached hydrogen (secondary N) is 1. The van der Waals surface area contributed by atoms with Crippen molar-refractivity contribution in [3.8, 4) is 5.75 Å². The lowest BCUT2D eigenvalue weighted by atomic mass is 10.1. The van der Waals surface area contributed by atoms with Crippen LogP contribution in [0.4, 0.5) is 5.69 Å². The van der Waals surface area contributed by atoms with Gasteiger partial charge in [0, 0.05) is 12.6 Å². The Morgan fingerprint density at radius 3 is 2.29 bits per heavy atom. The molecular formula is C32H39N3O5S. The van der Waals surface area contributed by atoms with Gasteiger partial charge in [-0.1, -0.05) is 72.5 Å². The van der Waals surface area contributed by atoms with Crippen molar-refractivity contribution in [1.82, 2.24) is 10.2 Å². The highest BCUT2D eigenvalue weighted by atomic mass is 32.2. The summed E-state index contributed by atoms with van der Waals surface area (Å²) in [5.74, 6) is -0.432. The molecule has 3 aromatic carbocycles. The summed E-state index contributed by atoms with van der Waals surface area (Å²) < 4.78 is 34.6. The van der Waals surface area contributed by atoms with Crippen molar-refractivity contribution in [2.24, 2.45) is 0 Å². The number of carbonyl (C=O) groups excluding carboxylic acids is 2. The van der Waals surface area contributed by atoms with Crippen molar-refractivity contribution < 1.29 is 22.7 Å². The molecule has 0 aliphatic heterocycles. The van der Waals surface area contributed by atoms with E-state index in [1.165, 1.54) is 24.1 Å². The summed E-state index contributed by atoms with van der Waals surface area (Å²) in [5.41, 5.74) is 3.03. The number of hydrogen-bond donors (Lipinski definition) is 1. The summed E-state index contributed by atoms with van der Waals surface area (Å²) in [6, 6.07) is 20.2. The molecule has 1 saturated carbocycles. The van der Waals surface area contributed by atoms with Gasteiger partial charge in [-0.05, 0) is 63.4 Å². The van der Waals surface area contributed by atoms with Crippen LogP contribution in [-0.2, 0) is 26.2 Å². The minimum Gasteiger partial charge on any atom is -0.495 e. The third kappa shape index (κ3) is 7.27. The third-order valence-corrected chi connectivity index (χ3v) is 9.32. The lowest BCUT2D eigenvalue weighted by molar-refractivity contribution is -0.139. The van der Waals surface area contributed by atoms with Gasteiger partial charge in [-0.15, -0.1) is 0 Å². The quantitative estimate of drug-likeness (QED) is 0.347. The molecule has 8 nitrogen and oxygen atoms in total. The molecule has 1 N–H and O–H groups in total. The number of sulfonamides is 1. The molecular weight excluding hydrogens is 538 g/mol. The van der Waals surface area contributed by atoms with Crippen LogP contribution >= 0.6 is 0 Å². The molecule has 1 fully saturated rings. The van der Waals surface area contributed by atoms with E-state index in [2.05, 4.69) is 5.32 Å². The smallest absolute Gasteiger partial charge is 0.264 e. The number of nitrogens with zero attached hydrogens (tertiary/aromatic N) is 2. The Morgan fingerprint density at radius 1 is 0.951 bits per heavy atom. The molecule has 1 atom stereocenters. The molecule has 0 bridgehead atoms. The summed E-state index contributed by atoms with van der Waals surface area (Å²) >= 11 is 0. The summed E-state index contributed by atoms with van der Waals surface area (Å²) in [7, 11) is -2.72. The average molecular weight is 578 g/mol. The highest BCUT2D eigenvalue weighted by Crippen LogP contribution is 2.32. The first-order valence-corrected chi connectivity index (χ1v) is 15.4. The molecule has 0 spiro atoms. The fourth-order valence-electron chi connectivity index (χ4n) is 5.17. The Hall–Kier alpha value is -3.85. The first-order valence-electron chi connectivity index (χ1n) is 14.0. The number of carbonyl (C=O) groups is 2. The molecule has 0 heterocycles. The minimum absolute atomic E-state index is 0.0547. The molecule has 1 aliphatic rings. The molecule has 3 aromatic rings. The van der Waals surface area contributed by atoms with E-state index in [-0.39, 0.29) is 29.1 Å². The summed E-state index contributed by atoms with van der Waals surface area (Å²) in [6.45, 7) is 5.18. The summed E-state index contributed by atoms with van der Waals surface area (Å²) in [4.78, 5) is 29.0. The predicted molar refractivity (Wildman–Crippen MR) is 160 cm³/mol. The van der Waals surface area contributed by atoms with Crippen molar-refractivity contribution >= 4 is 27.5 Å². The highest BCUT2D eigenvalue weighted by molar-refractivity contribution is 7.92. The number of rotatable bonds is 11. The SMILES string of the molecule is COc1ccccc1N(CC(=O)N(Cc1cccc(C)c1)C(C)C(=O)NC1CCCC1)S(=O)(=O)c1ccc(C)cc1. The molecule has 41 heavy (non-hydrogen) atoms. The number of amides is 2. The van der Waals surface area contributed by atoms with E-state index in [9.17, 15) is 18.0 Å². The van der Waals surface area contributed by atoms with Gasteiger partial charge in [-0.3, -0.25) is 13.9 Å². The fourth-order valence-corrected chi connectivity index (χ4v) is 6.59. The second-order valence-corrected chi connectivity index (χ2v) is 12.5. The van der Waals surface area contributed by atoms with Gasteiger partial charge in [0.05, 0.1) is 17.7 Å². The molecule has 2 amide bonds. The van der Waals surface area contributed by atoms with Crippen LogP contribution < -0.4 is 14.4 Å². The largest absolute Gasteiger partial charge is 0.495 e. The number of aryl methyl sites for hydroxylation is 2. The predicted octanol–water partition coefficient (Wildman–Crippen LogP) is 4.98. The number of anilines is 1. The molecule has 1 unspecified atom stereocenters. The van der Waals surface area contributed by atoms with E-state index in [4.69, 9.17) is 4.74 Å². The van der Waals surface area contributed by atoms with Gasteiger partial charge < -0.3 is 15.0 Å². The van der Waals surface area contributed by atoms with Gasteiger partial charge in [-0.25, -0.2) is 8.42 Å². The van der Waals surface area contributed by atoms with Crippen molar-refractivity contribution in [2.45, 2.75) is 70.0 Å². The second-order valence-electron chi connectivity index (χ2n) is 10.7. The normalized spacial score (nSPS) is 14.3. The fraction of sp³-hybridized carbons (Fsp3) is 0.375. The standard InChI is InChI=1S/C32H39N3O5S/c1-23-16-18-28(19-17-23)41(38,39)35(29-14-7-8-15-30(29)40-4)22-31(36)34(21-26-11-9-10-24(2)20-26)25(3)32(37)33-27-12-5-6-13-27/h7-11,14-20,25,27H,5-6,12-13,21-22H2,1-4H3,(H,33,37). The highest BCUT2D eigenvalue weighted by Gasteiger charge is 2.34. The second kappa shape index (κ2) is 13.2. The summed E-state index contributed by atoms with van der Waals surface area (Å²) in [5, 5.41) is 3.09. The molecule has 0 aromatic heterocycles. The first-order chi connectivity index (χ1) is 19.6. The molecule has 218 valence electrons. The Balaban J connectivity index is 1.71. The van der Waals surface area contributed by atoms with Crippen LogP contribution in [0.3, 0.4) is 0 Å². The van der Waals surface area contributed by atoms with Crippen molar-refractivity contribution in [1.29, 1.82) is 0 Å². The maximum Gasteiger partial charge on any atom is 0.264 e. The van der Waals surface area contributed by atoms with Crippen LogP contribution in [0, 0.1) is 13.8 Å². The molecule has 1 aliphatic carbocycles. The molecule has 4 rings (SSSR count). The number of benzene rings is 3. The molecule has 9 heteroatoms. The number of ether oxygens (including phenoxy) is 1. The topological polar surface area (TPSA) is 96.0 Å². The van der Waals surface area contributed by atoms with Crippen molar-refractivity contribution in [3.05, 3.63) is 89.5 Å². The number of methoxy groups -OCH3 is 1. The van der Waals surface area contributed by atoms with Crippen molar-refractivity contribution in [2.75, 3.05) is 18.0 Å². The Kier molecular flexibility index (Phi) is 9.70. The van der Waals surface area contributed by atoms with Gasteiger partial charge >= 0.3 is 0 Å². The zero-order chi connectivity index (χ0) is 29.6. The van der Waals surface area contributed by atoms with Crippen LogP contribution in [0.5, 0.6) is 5.75 Å². The number of hydrogen-bond acceptors (Lipinski definition) is 5. The molecule has 0 radical (unpaired) electrons. The Labute approximate surface area is 243 Å². The van der Waals surface area contributed by atoms with Gasteiger partial charge in [-0.2, -0.15) is 0 Å². The monoisotopic (exact) mass is 577 g/mol. The maximum atomic E-state index is 14.1. The van der Waals surface area contributed by atoms with E-state index in [1.54, 1.807) is 43.3 Å². The van der Waals surface area contributed by atoms with E-state index < -0.39 is 28.5 Å². The van der Waals surface area contributed by atoms with Crippen LogP contribution in [-0.4, -0.2) is 50.9 Å². The zero-order valence-corrected chi connectivity index (χ0v) is 25.0. The Morgan fingerprint density at radius 2 is 1.63 bits per heavy atom. The average Bonchev–Trinajstić information content (AvgIpc) is 3.47. The summed E-state index contributed by atoms with van der Waals surface area (Å²) in [6.07, 6.45) is 3.97. The van der Waals surface area contributed by atoms with Crippen LogP contribution in [0.1, 0.15) is 49.3 Å². The van der Waals surface area contributed by atoms with E-state index in [1.807, 2.05) is 38.1 Å². The van der Waals surface area contributed by atoms with Gasteiger partial charge in [0.25, 0.3) is 10.0 Å². The lowest BCUT2D eigenvalue weighted by Crippen LogP contribution is -2.52. The Bertz CT molecular complexity index is 1470. The lowest BCUT2D eigenvalue weighted by Gasteiger charge is -2.33. The van der Waals surface area contributed by atoms with Crippen LogP contribution in [0.2, 0.25) is 0 Å². The van der Waals surface area contributed by atoms with E-state index in [0.717, 1.165) is 46.7 Å².